The lowest BCUT2D eigenvalue weighted by Crippen LogP contribution is -2.19. The highest BCUT2D eigenvalue weighted by molar-refractivity contribution is 5.98. The number of rotatable bonds is 8. The van der Waals surface area contributed by atoms with Gasteiger partial charge in [-0.3, -0.25) is 4.79 Å². The summed E-state index contributed by atoms with van der Waals surface area (Å²) in [6, 6.07) is 1.51. The minimum atomic E-state index is -0.488. The molecule has 1 aromatic rings. The number of carbonyl (C=O) groups excluding carboxylic acids is 1. The predicted octanol–water partition coefficient (Wildman–Crippen LogP) is 2.39. The number of nitrogens with two attached hydrogens (primary N) is 2. The number of carbonyl (C=O) groups is 1. The van der Waals surface area contributed by atoms with Crippen molar-refractivity contribution < 1.29 is 4.79 Å². The van der Waals surface area contributed by atoms with Crippen molar-refractivity contribution in [1.29, 1.82) is 0 Å². The number of nitrogens with one attached hydrogen (secondary N) is 1. The fraction of sp³-hybridized carbons (Fsp3) is 0.571. The smallest absolute Gasteiger partial charge is 0.250 e. The molecule has 0 aliphatic carbocycles. The molecule has 0 radical (unpaired) electrons. The summed E-state index contributed by atoms with van der Waals surface area (Å²) in [6.07, 6.45) is 6.30. The van der Waals surface area contributed by atoms with E-state index in [-0.39, 0.29) is 0 Å². The molecule has 1 rings (SSSR count). The number of unbranched alkanes of at least 4 members (excludes halogenated alkanes) is 1. The van der Waals surface area contributed by atoms with Crippen LogP contribution in [-0.4, -0.2) is 17.4 Å². The van der Waals surface area contributed by atoms with Crippen molar-refractivity contribution in [3.63, 3.8) is 0 Å². The fourth-order valence-corrected chi connectivity index (χ4v) is 2.01. The molecule has 0 saturated heterocycles. The molecule has 1 unspecified atom stereocenters. The molecule has 5 N–H and O–H groups in total. The van der Waals surface area contributed by atoms with E-state index in [1.807, 2.05) is 0 Å². The van der Waals surface area contributed by atoms with E-state index in [2.05, 4.69) is 24.1 Å². The maximum Gasteiger partial charge on any atom is 0.250 e. The Labute approximate surface area is 114 Å². The topological polar surface area (TPSA) is 94.0 Å². The Kier molecular flexibility index (Phi) is 6.12. The Morgan fingerprint density at radius 1 is 1.47 bits per heavy atom. The number of hydrogen-bond donors (Lipinski definition) is 3. The predicted molar refractivity (Wildman–Crippen MR) is 79.0 cm³/mol. The summed E-state index contributed by atoms with van der Waals surface area (Å²) in [7, 11) is 0. The van der Waals surface area contributed by atoms with Gasteiger partial charge < -0.3 is 16.8 Å². The molecule has 0 saturated carbocycles. The molecule has 0 aliphatic heterocycles. The van der Waals surface area contributed by atoms with Crippen LogP contribution in [0.15, 0.2) is 12.3 Å². The van der Waals surface area contributed by atoms with Crippen LogP contribution >= 0.6 is 0 Å². The zero-order chi connectivity index (χ0) is 14.3. The molecule has 1 atom stereocenters. The number of aromatic nitrogens is 1. The maximum atomic E-state index is 11.4. The van der Waals surface area contributed by atoms with Crippen LogP contribution in [0.3, 0.4) is 0 Å². The zero-order valence-electron chi connectivity index (χ0n) is 11.8. The van der Waals surface area contributed by atoms with Crippen molar-refractivity contribution in [2.75, 3.05) is 17.6 Å². The van der Waals surface area contributed by atoms with E-state index < -0.39 is 5.91 Å². The summed E-state index contributed by atoms with van der Waals surface area (Å²) in [5.41, 5.74) is 12.0. The summed E-state index contributed by atoms with van der Waals surface area (Å²) in [4.78, 5) is 15.4. The molecule has 0 aliphatic rings. The summed E-state index contributed by atoms with van der Waals surface area (Å²) in [5.74, 6) is 0.411. The average molecular weight is 264 g/mol. The van der Waals surface area contributed by atoms with Crippen molar-refractivity contribution in [3.05, 3.63) is 17.8 Å². The normalized spacial score (nSPS) is 12.1. The number of anilines is 2. The molecule has 5 nitrogen and oxygen atoms in total. The van der Waals surface area contributed by atoms with Gasteiger partial charge in [0.1, 0.15) is 5.82 Å². The summed E-state index contributed by atoms with van der Waals surface area (Å²) >= 11 is 0. The first-order valence-corrected chi connectivity index (χ1v) is 6.87. The molecule has 1 aromatic heterocycles. The lowest BCUT2D eigenvalue weighted by atomic mass is 9.99. The Morgan fingerprint density at radius 3 is 2.79 bits per heavy atom. The highest BCUT2D eigenvalue weighted by Gasteiger charge is 2.11. The third-order valence-corrected chi connectivity index (χ3v) is 3.32. The molecule has 0 aromatic carbocycles. The number of hydrogen-bond acceptors (Lipinski definition) is 4. The monoisotopic (exact) mass is 264 g/mol. The SMILES string of the molecule is CCCCC(CC)CNc1cnc(N)cc1C(N)=O. The molecule has 5 heteroatoms. The van der Waals surface area contributed by atoms with Gasteiger partial charge >= 0.3 is 0 Å². The van der Waals surface area contributed by atoms with Crippen molar-refractivity contribution in [2.24, 2.45) is 11.7 Å². The van der Waals surface area contributed by atoms with E-state index in [1.54, 1.807) is 6.20 Å². The van der Waals surface area contributed by atoms with Crippen LogP contribution in [0.4, 0.5) is 11.5 Å². The fourth-order valence-electron chi connectivity index (χ4n) is 2.01. The van der Waals surface area contributed by atoms with Crippen molar-refractivity contribution in [3.8, 4) is 0 Å². The zero-order valence-corrected chi connectivity index (χ0v) is 11.8. The van der Waals surface area contributed by atoms with Gasteiger partial charge in [0.15, 0.2) is 0 Å². The van der Waals surface area contributed by atoms with Gasteiger partial charge in [0.2, 0.25) is 0 Å². The molecule has 1 heterocycles. The lowest BCUT2D eigenvalue weighted by molar-refractivity contribution is 0.100. The molecule has 0 spiro atoms. The van der Waals surface area contributed by atoms with E-state index in [9.17, 15) is 4.79 Å². The van der Waals surface area contributed by atoms with Crippen LogP contribution in [0.25, 0.3) is 0 Å². The first-order valence-electron chi connectivity index (χ1n) is 6.87. The molecule has 0 bridgehead atoms. The highest BCUT2D eigenvalue weighted by atomic mass is 16.1. The van der Waals surface area contributed by atoms with E-state index >= 15 is 0 Å². The second-order valence-electron chi connectivity index (χ2n) is 4.82. The first-order chi connectivity index (χ1) is 9.08. The van der Waals surface area contributed by atoms with Gasteiger partial charge in [0.05, 0.1) is 17.4 Å². The van der Waals surface area contributed by atoms with Crippen molar-refractivity contribution in [2.45, 2.75) is 39.5 Å². The van der Waals surface area contributed by atoms with Gasteiger partial charge in [0, 0.05) is 6.54 Å². The average Bonchev–Trinajstić information content (AvgIpc) is 2.40. The lowest BCUT2D eigenvalue weighted by Gasteiger charge is -2.17. The molecule has 0 fully saturated rings. The minimum Gasteiger partial charge on any atom is -0.384 e. The standard InChI is InChI=1S/C14H24N4O/c1-3-5-6-10(4-2)8-17-12-9-18-13(15)7-11(12)14(16)19/h7,9-10,17H,3-6,8H2,1-2H3,(H2,15,18)(H2,16,19). The van der Waals surface area contributed by atoms with Crippen LogP contribution < -0.4 is 16.8 Å². The van der Waals surface area contributed by atoms with Crippen LogP contribution in [0.5, 0.6) is 0 Å². The van der Waals surface area contributed by atoms with E-state index in [4.69, 9.17) is 11.5 Å². The Morgan fingerprint density at radius 2 is 2.21 bits per heavy atom. The van der Waals surface area contributed by atoms with Gasteiger partial charge in [-0.1, -0.05) is 33.1 Å². The second kappa shape index (κ2) is 7.61. The molecule has 1 amide bonds. The van der Waals surface area contributed by atoms with E-state index in [0.29, 0.717) is 23.0 Å². The van der Waals surface area contributed by atoms with E-state index in [1.165, 1.54) is 25.3 Å². The van der Waals surface area contributed by atoms with Gasteiger partial charge in [-0.25, -0.2) is 4.98 Å². The second-order valence-corrected chi connectivity index (χ2v) is 4.82. The van der Waals surface area contributed by atoms with Gasteiger partial charge in [-0.15, -0.1) is 0 Å². The minimum absolute atomic E-state index is 0.303. The molecule has 19 heavy (non-hydrogen) atoms. The van der Waals surface area contributed by atoms with Gasteiger partial charge in [0.25, 0.3) is 5.91 Å². The van der Waals surface area contributed by atoms with Crippen LogP contribution in [0.2, 0.25) is 0 Å². The summed E-state index contributed by atoms with van der Waals surface area (Å²) < 4.78 is 0. The van der Waals surface area contributed by atoms with Gasteiger partial charge in [-0.05, 0) is 18.4 Å². The van der Waals surface area contributed by atoms with Crippen molar-refractivity contribution in [1.82, 2.24) is 4.98 Å². The maximum absolute atomic E-state index is 11.4. The highest BCUT2D eigenvalue weighted by Crippen LogP contribution is 2.18. The third-order valence-electron chi connectivity index (χ3n) is 3.32. The van der Waals surface area contributed by atoms with Crippen LogP contribution in [-0.2, 0) is 0 Å². The quantitative estimate of drug-likeness (QED) is 0.672. The first kappa shape index (κ1) is 15.3. The largest absolute Gasteiger partial charge is 0.384 e. The van der Waals surface area contributed by atoms with Crippen LogP contribution in [0, 0.1) is 5.92 Å². The van der Waals surface area contributed by atoms with Crippen molar-refractivity contribution >= 4 is 17.4 Å². The summed E-state index contributed by atoms with van der Waals surface area (Å²) in [5, 5.41) is 3.26. The number of nitrogen functional groups attached to an aromatic ring is 1. The van der Waals surface area contributed by atoms with Gasteiger partial charge in [-0.2, -0.15) is 0 Å². The van der Waals surface area contributed by atoms with E-state index in [0.717, 1.165) is 13.0 Å². The number of nitrogens with zero attached hydrogens (tertiary/aromatic N) is 1. The molecular weight excluding hydrogens is 240 g/mol. The third kappa shape index (κ3) is 4.77. The Bertz CT molecular complexity index is 420. The van der Waals surface area contributed by atoms with Crippen LogP contribution in [0.1, 0.15) is 49.9 Å². The number of primary amides is 1. The molecular formula is C14H24N4O. The number of amides is 1. The Balaban J connectivity index is 2.68. The number of pyridine rings is 1. The molecule has 106 valence electrons. The summed E-state index contributed by atoms with van der Waals surface area (Å²) in [6.45, 7) is 5.19. The Hall–Kier alpha value is -1.78.